The average molecular weight is 1340 g/mol. The van der Waals surface area contributed by atoms with Crippen molar-refractivity contribution < 1.29 is 42.1 Å². The maximum atomic E-state index is 12.9. The third kappa shape index (κ3) is 77.9. The van der Waals surface area contributed by atoms with Crippen molar-refractivity contribution in [1.29, 1.82) is 0 Å². The van der Waals surface area contributed by atoms with Gasteiger partial charge in [-0.15, -0.1) is 0 Å². The molecule has 0 bridgehead atoms. The zero-order valence-electron chi connectivity index (χ0n) is 62.4. The smallest absolute Gasteiger partial charge is 0.306 e. The van der Waals surface area contributed by atoms with Gasteiger partial charge in [-0.25, -0.2) is 0 Å². The van der Waals surface area contributed by atoms with E-state index in [0.29, 0.717) is 17.4 Å². The minimum absolute atomic E-state index is 0.0315. The van der Waals surface area contributed by atoms with Crippen molar-refractivity contribution >= 4 is 19.8 Å². The number of allylic oxidation sites excluding steroid dienone is 16. The van der Waals surface area contributed by atoms with Crippen LogP contribution in [0.25, 0.3) is 0 Å². The first kappa shape index (κ1) is 90.9. The average Bonchev–Trinajstić information content (AvgIpc) is 1.56. The molecule has 0 rings (SSSR count). The van der Waals surface area contributed by atoms with Crippen molar-refractivity contribution in [3.05, 3.63) is 97.2 Å². The lowest BCUT2D eigenvalue weighted by molar-refractivity contribution is -0.870. The van der Waals surface area contributed by atoms with Crippen molar-refractivity contribution in [1.82, 2.24) is 0 Å². The number of esters is 2. The van der Waals surface area contributed by atoms with Crippen LogP contribution in [0, 0.1) is 0 Å². The van der Waals surface area contributed by atoms with E-state index in [4.69, 9.17) is 18.5 Å². The lowest BCUT2D eigenvalue weighted by Gasteiger charge is -2.28. The Kier molecular flexibility index (Phi) is 71.7. The van der Waals surface area contributed by atoms with E-state index in [0.717, 1.165) is 89.9 Å². The third-order valence-corrected chi connectivity index (χ3v) is 18.6. The number of ether oxygens (including phenoxy) is 2. The van der Waals surface area contributed by atoms with Gasteiger partial charge in [0.25, 0.3) is 7.82 Å². The van der Waals surface area contributed by atoms with Crippen LogP contribution in [0.5, 0.6) is 0 Å². The summed E-state index contributed by atoms with van der Waals surface area (Å²) in [5.74, 6) is -0.818. The number of phosphoric acid groups is 1. The van der Waals surface area contributed by atoms with Gasteiger partial charge >= 0.3 is 11.9 Å². The minimum atomic E-state index is -4.65. The summed E-state index contributed by atoms with van der Waals surface area (Å²) in [6.45, 7) is 4.18. The van der Waals surface area contributed by atoms with Crippen LogP contribution < -0.4 is 4.89 Å². The van der Waals surface area contributed by atoms with Gasteiger partial charge < -0.3 is 27.9 Å². The Labute approximate surface area is 583 Å². The summed E-state index contributed by atoms with van der Waals surface area (Å²) in [6.07, 6.45) is 104. The molecule has 0 aromatic heterocycles. The van der Waals surface area contributed by atoms with Gasteiger partial charge in [0.15, 0.2) is 6.10 Å². The van der Waals surface area contributed by atoms with E-state index >= 15 is 0 Å². The van der Waals surface area contributed by atoms with E-state index in [9.17, 15) is 19.0 Å². The fraction of sp³-hybridized carbons (Fsp3) is 0.786. The second kappa shape index (κ2) is 74.2. The Morgan fingerprint density at radius 1 is 0.340 bits per heavy atom. The molecular formula is C84H152NO8P. The number of carbonyl (C=O) groups is 2. The molecule has 0 spiro atoms. The van der Waals surface area contributed by atoms with E-state index in [1.165, 1.54) is 250 Å². The Bertz CT molecular complexity index is 1910. The molecule has 0 aliphatic heterocycles. The zero-order valence-corrected chi connectivity index (χ0v) is 63.3. The molecule has 0 N–H and O–H groups in total. The number of rotatable bonds is 74. The molecular weight excluding hydrogens is 1180 g/mol. The van der Waals surface area contributed by atoms with Crippen LogP contribution in [-0.4, -0.2) is 70.0 Å². The first-order chi connectivity index (χ1) is 46.0. The van der Waals surface area contributed by atoms with Crippen molar-refractivity contribution in [3.63, 3.8) is 0 Å². The Morgan fingerprint density at radius 3 is 0.904 bits per heavy atom. The molecule has 0 aromatic rings. The van der Waals surface area contributed by atoms with E-state index < -0.39 is 26.5 Å². The SMILES string of the molecule is CC/C=C\C/C=C\C/C=C\C/C=C\C/C=C\C/C=C\C/C=C\C/C=C\CCCCCCCCCCCCCCCCC(=O)OC(COC(=O)CCCCCCCCCCCCCCCCCCCCCCCCCCCCCCCCC)COP(=O)([O-])OCC[N+](C)(C)C. The summed E-state index contributed by atoms with van der Waals surface area (Å²) in [5, 5.41) is 0. The molecule has 9 nitrogen and oxygen atoms in total. The highest BCUT2D eigenvalue weighted by Gasteiger charge is 2.22. The Balaban J connectivity index is 3.97. The van der Waals surface area contributed by atoms with E-state index in [1.807, 2.05) is 21.1 Å². The monoisotopic (exact) mass is 1330 g/mol. The highest BCUT2D eigenvalue weighted by molar-refractivity contribution is 7.45. The number of nitrogens with zero attached hydrogens (tertiary/aromatic N) is 1. The predicted molar refractivity (Wildman–Crippen MR) is 406 cm³/mol. The number of hydrogen-bond donors (Lipinski definition) is 0. The molecule has 94 heavy (non-hydrogen) atoms. The van der Waals surface area contributed by atoms with Crippen molar-refractivity contribution in [2.45, 2.75) is 380 Å². The highest BCUT2D eigenvalue weighted by atomic mass is 31.2. The van der Waals surface area contributed by atoms with Crippen LogP contribution in [0.2, 0.25) is 0 Å². The number of carbonyl (C=O) groups excluding carboxylic acids is 2. The molecule has 10 heteroatoms. The van der Waals surface area contributed by atoms with Crippen molar-refractivity contribution in [2.75, 3.05) is 47.5 Å². The van der Waals surface area contributed by atoms with Gasteiger partial charge in [-0.2, -0.15) is 0 Å². The van der Waals surface area contributed by atoms with E-state index in [1.54, 1.807) is 0 Å². The lowest BCUT2D eigenvalue weighted by Crippen LogP contribution is -2.37. The molecule has 0 amide bonds. The second-order valence-corrected chi connectivity index (χ2v) is 29.5. The molecule has 2 unspecified atom stereocenters. The summed E-state index contributed by atoms with van der Waals surface area (Å²) < 4.78 is 34.4. The Hall–Kier alpha value is -3.07. The van der Waals surface area contributed by atoms with Crippen molar-refractivity contribution in [2.24, 2.45) is 0 Å². The van der Waals surface area contributed by atoms with Gasteiger partial charge in [-0.3, -0.25) is 14.2 Å². The Morgan fingerprint density at radius 2 is 0.606 bits per heavy atom. The summed E-state index contributed by atoms with van der Waals surface area (Å²) in [5.41, 5.74) is 0. The number of hydrogen-bond acceptors (Lipinski definition) is 8. The summed E-state index contributed by atoms with van der Waals surface area (Å²) in [4.78, 5) is 38.2. The van der Waals surface area contributed by atoms with Gasteiger partial charge in [-0.05, 0) is 77.0 Å². The van der Waals surface area contributed by atoms with Crippen LogP contribution in [0.3, 0.4) is 0 Å². The maximum Gasteiger partial charge on any atom is 0.306 e. The largest absolute Gasteiger partial charge is 0.756 e. The molecule has 0 saturated heterocycles. The molecule has 0 saturated carbocycles. The zero-order chi connectivity index (χ0) is 68.3. The van der Waals surface area contributed by atoms with Gasteiger partial charge in [0.05, 0.1) is 27.7 Å². The predicted octanol–water partition coefficient (Wildman–Crippen LogP) is 26.0. The third-order valence-electron chi connectivity index (χ3n) is 17.6. The lowest BCUT2D eigenvalue weighted by atomic mass is 10.0. The van der Waals surface area contributed by atoms with Gasteiger partial charge in [0.1, 0.15) is 19.8 Å². The standard InChI is InChI=1S/C84H152NO8P/c1-6-8-10-12-14-16-18-20-22-24-26-28-30-32-34-36-38-39-40-41-42-43-44-45-47-49-51-53-55-57-59-61-63-65-67-69-71-73-75-77-84(87)93-82(81-92-94(88,89)91-79-78-85(3,4)5)80-90-83(86)76-74-72-70-68-66-64-62-60-58-56-54-52-50-48-46-37-35-33-31-29-27-25-23-21-19-17-15-13-11-9-7-2/h8,10,14,16,20,22,26,28,32,34,38-39,41-42,44-45,82H,6-7,9,11-13,15,17-19,21,23-25,27,29-31,33,35-37,40,43,46-81H2,1-5H3/b10-8-,16-14-,22-20-,28-26-,34-32-,39-38-,42-41-,45-44-. The first-order valence-corrected chi connectivity index (χ1v) is 41.4. The molecule has 0 aliphatic carbocycles. The molecule has 0 fully saturated rings. The molecule has 0 heterocycles. The second-order valence-electron chi connectivity index (χ2n) is 28.1. The van der Waals surface area contributed by atoms with Crippen LogP contribution in [0.4, 0.5) is 0 Å². The van der Waals surface area contributed by atoms with Crippen molar-refractivity contribution in [3.8, 4) is 0 Å². The molecule has 0 aromatic carbocycles. The number of likely N-dealkylation sites (N-methyl/N-ethyl adjacent to an activating group) is 1. The molecule has 0 radical (unpaired) electrons. The van der Waals surface area contributed by atoms with E-state index in [-0.39, 0.29) is 32.0 Å². The first-order valence-electron chi connectivity index (χ1n) is 39.9. The summed E-state index contributed by atoms with van der Waals surface area (Å²) in [6, 6.07) is 0. The highest BCUT2D eigenvalue weighted by Crippen LogP contribution is 2.38. The summed E-state index contributed by atoms with van der Waals surface area (Å²) in [7, 11) is 1.18. The van der Waals surface area contributed by atoms with Gasteiger partial charge in [0, 0.05) is 12.8 Å². The fourth-order valence-corrected chi connectivity index (χ4v) is 12.3. The van der Waals surface area contributed by atoms with Crippen LogP contribution in [-0.2, 0) is 32.7 Å². The number of unbranched alkanes of at least 4 members (excludes halogenated alkanes) is 44. The van der Waals surface area contributed by atoms with E-state index in [2.05, 4.69) is 111 Å². The van der Waals surface area contributed by atoms with Gasteiger partial charge in [0.2, 0.25) is 0 Å². The quantitative estimate of drug-likeness (QED) is 0.0195. The van der Waals surface area contributed by atoms with Crippen LogP contribution in [0.15, 0.2) is 97.2 Å². The maximum absolute atomic E-state index is 12.9. The molecule has 0 aliphatic rings. The number of phosphoric ester groups is 1. The normalized spacial score (nSPS) is 13.6. The minimum Gasteiger partial charge on any atom is -0.756 e. The fourth-order valence-electron chi connectivity index (χ4n) is 11.6. The number of quaternary nitrogens is 1. The van der Waals surface area contributed by atoms with Crippen LogP contribution in [0.1, 0.15) is 373 Å². The summed E-state index contributed by atoms with van der Waals surface area (Å²) >= 11 is 0. The molecule has 2 atom stereocenters. The topological polar surface area (TPSA) is 111 Å². The van der Waals surface area contributed by atoms with Gasteiger partial charge in [-0.1, -0.05) is 381 Å². The van der Waals surface area contributed by atoms with Crippen LogP contribution >= 0.6 is 7.82 Å². The molecule has 546 valence electrons.